The van der Waals surface area contributed by atoms with Crippen LogP contribution in [0.1, 0.15) is 19.5 Å². The van der Waals surface area contributed by atoms with E-state index >= 15 is 0 Å². The first kappa shape index (κ1) is 18.4. The molecule has 0 saturated carbocycles. The highest BCUT2D eigenvalue weighted by Gasteiger charge is 2.46. The highest BCUT2D eigenvalue weighted by molar-refractivity contribution is 5.99. The molecule has 11 nitrogen and oxygen atoms in total. The summed E-state index contributed by atoms with van der Waals surface area (Å²) in [6.45, 7) is 3.47. The molecule has 140 valence electrons. The molecule has 11 heteroatoms. The molecule has 0 spiro atoms. The number of aromatic nitrogens is 4. The summed E-state index contributed by atoms with van der Waals surface area (Å²) in [4.78, 5) is 25.0. The summed E-state index contributed by atoms with van der Waals surface area (Å²) in [5, 5.41) is 39.4. The van der Waals surface area contributed by atoms with Crippen molar-refractivity contribution in [2.45, 2.75) is 31.7 Å². The molecule has 1 aliphatic heterocycles. The van der Waals surface area contributed by atoms with Crippen molar-refractivity contribution in [3.63, 3.8) is 0 Å². The number of nitrogens with zero attached hydrogens (tertiary/aromatic N) is 6. The van der Waals surface area contributed by atoms with Crippen LogP contribution in [0.2, 0.25) is 0 Å². The van der Waals surface area contributed by atoms with Gasteiger partial charge < -0.3 is 14.9 Å². The smallest absolute Gasteiger partial charge is 0.335 e. The summed E-state index contributed by atoms with van der Waals surface area (Å²) in [7, 11) is 0. The molecule has 2 aromatic heterocycles. The molecule has 2 aromatic rings. The van der Waals surface area contributed by atoms with Gasteiger partial charge in [0, 0.05) is 18.3 Å². The van der Waals surface area contributed by atoms with Gasteiger partial charge in [0.1, 0.15) is 6.07 Å². The SMILES string of the molecule is CC1(C)CN(c2ccn(-c3cnnc(C#N)c3)n2)C(=O)C(C(O)C(=O)O)O1. The number of hydrogen-bond acceptors (Lipinski definition) is 8. The van der Waals surface area contributed by atoms with E-state index in [1.807, 2.05) is 6.07 Å². The lowest BCUT2D eigenvalue weighted by atomic mass is 10.0. The standard InChI is InChI=1S/C16H16N6O5/c1-16(2)8-21(14(24)13(27-16)12(23)15(25)26)11-3-4-22(20-11)10-5-9(6-17)19-18-7-10/h3-5,7,12-13,23H,8H2,1-2H3,(H,25,26). The summed E-state index contributed by atoms with van der Waals surface area (Å²) >= 11 is 0. The van der Waals surface area contributed by atoms with Crippen molar-refractivity contribution in [2.24, 2.45) is 0 Å². The van der Waals surface area contributed by atoms with Crippen LogP contribution in [0.25, 0.3) is 5.69 Å². The zero-order valence-corrected chi connectivity index (χ0v) is 14.5. The number of carboxylic acid groups (broad SMARTS) is 1. The zero-order valence-electron chi connectivity index (χ0n) is 14.5. The highest BCUT2D eigenvalue weighted by atomic mass is 16.5. The van der Waals surface area contributed by atoms with Gasteiger partial charge in [-0.2, -0.15) is 10.4 Å². The second-order valence-electron chi connectivity index (χ2n) is 6.53. The van der Waals surface area contributed by atoms with E-state index in [0.717, 1.165) is 0 Å². The molecule has 1 amide bonds. The first-order valence-corrected chi connectivity index (χ1v) is 7.91. The topological polar surface area (TPSA) is 154 Å². The fourth-order valence-electron chi connectivity index (χ4n) is 2.71. The van der Waals surface area contributed by atoms with Gasteiger partial charge in [-0.15, -0.1) is 10.2 Å². The number of hydrogen-bond donors (Lipinski definition) is 2. The van der Waals surface area contributed by atoms with Crippen LogP contribution in [0.5, 0.6) is 0 Å². The lowest BCUT2D eigenvalue weighted by Gasteiger charge is -2.41. The second kappa shape index (κ2) is 6.75. The molecule has 3 heterocycles. The van der Waals surface area contributed by atoms with E-state index in [9.17, 15) is 14.7 Å². The van der Waals surface area contributed by atoms with Crippen molar-refractivity contribution in [3.05, 3.63) is 30.2 Å². The molecule has 2 unspecified atom stereocenters. The third kappa shape index (κ3) is 3.62. The number of amides is 1. The van der Waals surface area contributed by atoms with E-state index in [1.165, 1.54) is 21.8 Å². The van der Waals surface area contributed by atoms with Gasteiger partial charge in [-0.25, -0.2) is 9.48 Å². The Kier molecular flexibility index (Phi) is 4.61. The molecule has 2 N–H and O–H groups in total. The maximum Gasteiger partial charge on any atom is 0.335 e. The average Bonchev–Trinajstić information content (AvgIpc) is 3.12. The molecule has 0 aromatic carbocycles. The molecule has 2 atom stereocenters. The number of morpholine rings is 1. The Hall–Kier alpha value is -3.36. The number of carboxylic acids is 1. The Morgan fingerprint density at radius 3 is 2.93 bits per heavy atom. The molecule has 1 fully saturated rings. The van der Waals surface area contributed by atoms with Crippen LogP contribution >= 0.6 is 0 Å². The number of anilines is 1. The van der Waals surface area contributed by atoms with Gasteiger partial charge >= 0.3 is 5.97 Å². The molecule has 3 rings (SSSR count). The number of aliphatic carboxylic acids is 1. The van der Waals surface area contributed by atoms with Gasteiger partial charge in [-0.05, 0) is 13.8 Å². The van der Waals surface area contributed by atoms with Crippen molar-refractivity contribution in [2.75, 3.05) is 11.4 Å². The van der Waals surface area contributed by atoms with Crippen molar-refractivity contribution in [1.82, 2.24) is 20.0 Å². The van der Waals surface area contributed by atoms with Crippen LogP contribution in [0.3, 0.4) is 0 Å². The molecule has 0 aliphatic carbocycles. The molecule has 27 heavy (non-hydrogen) atoms. The average molecular weight is 372 g/mol. The summed E-state index contributed by atoms with van der Waals surface area (Å²) in [6, 6.07) is 4.90. The summed E-state index contributed by atoms with van der Waals surface area (Å²) < 4.78 is 6.88. The fourth-order valence-corrected chi connectivity index (χ4v) is 2.71. The summed E-state index contributed by atoms with van der Waals surface area (Å²) in [5.74, 6) is -2.02. The number of nitriles is 1. The van der Waals surface area contributed by atoms with Crippen LogP contribution in [0.15, 0.2) is 24.5 Å². The Morgan fingerprint density at radius 1 is 1.52 bits per heavy atom. The fraction of sp³-hybridized carbons (Fsp3) is 0.375. The predicted octanol–water partition coefficient (Wildman–Crippen LogP) is -0.510. The molecule has 0 radical (unpaired) electrons. The Labute approximate surface area is 153 Å². The van der Waals surface area contributed by atoms with Gasteiger partial charge in [0.25, 0.3) is 5.91 Å². The number of carbonyl (C=O) groups excluding carboxylic acids is 1. The number of rotatable bonds is 4. The number of aliphatic hydroxyl groups excluding tert-OH is 1. The largest absolute Gasteiger partial charge is 0.479 e. The third-order valence-electron chi connectivity index (χ3n) is 3.90. The zero-order chi connectivity index (χ0) is 19.8. The van der Waals surface area contributed by atoms with E-state index in [-0.39, 0.29) is 18.1 Å². The maximum absolute atomic E-state index is 12.7. The van der Waals surface area contributed by atoms with E-state index in [4.69, 9.17) is 15.1 Å². The highest BCUT2D eigenvalue weighted by Crippen LogP contribution is 2.28. The lowest BCUT2D eigenvalue weighted by Crippen LogP contribution is -2.61. The van der Waals surface area contributed by atoms with Crippen molar-refractivity contribution in [1.29, 1.82) is 5.26 Å². The van der Waals surface area contributed by atoms with Crippen LogP contribution in [0.4, 0.5) is 5.82 Å². The van der Waals surface area contributed by atoms with Gasteiger partial charge in [0.2, 0.25) is 0 Å². The first-order valence-electron chi connectivity index (χ1n) is 7.91. The van der Waals surface area contributed by atoms with Crippen molar-refractivity contribution < 1.29 is 24.5 Å². The van der Waals surface area contributed by atoms with E-state index < -0.39 is 29.7 Å². The van der Waals surface area contributed by atoms with Crippen molar-refractivity contribution >= 4 is 17.7 Å². The molecule has 1 saturated heterocycles. The quantitative estimate of drug-likeness (QED) is 0.722. The summed E-state index contributed by atoms with van der Waals surface area (Å²) in [6.07, 6.45) is -0.584. The van der Waals surface area contributed by atoms with E-state index in [0.29, 0.717) is 5.69 Å². The van der Waals surface area contributed by atoms with Crippen LogP contribution in [0, 0.1) is 11.3 Å². The number of carbonyl (C=O) groups is 2. The molecular formula is C16H16N6O5. The predicted molar refractivity (Wildman–Crippen MR) is 88.8 cm³/mol. The maximum atomic E-state index is 12.7. The second-order valence-corrected chi connectivity index (χ2v) is 6.53. The molecular weight excluding hydrogens is 356 g/mol. The van der Waals surface area contributed by atoms with Crippen LogP contribution in [-0.4, -0.2) is 66.4 Å². The monoisotopic (exact) mass is 372 g/mol. The van der Waals surface area contributed by atoms with Gasteiger partial charge in [0.15, 0.2) is 23.7 Å². The number of aliphatic hydroxyl groups is 1. The normalized spacial score (nSPS) is 20.1. The first-order chi connectivity index (χ1) is 12.7. The van der Waals surface area contributed by atoms with E-state index in [1.54, 1.807) is 26.1 Å². The Morgan fingerprint density at radius 2 is 2.26 bits per heavy atom. The van der Waals surface area contributed by atoms with Crippen molar-refractivity contribution in [3.8, 4) is 11.8 Å². The minimum atomic E-state index is -2.00. The van der Waals surface area contributed by atoms with E-state index in [2.05, 4.69) is 15.3 Å². The molecule has 1 aliphatic rings. The minimum Gasteiger partial charge on any atom is -0.479 e. The summed E-state index contributed by atoms with van der Waals surface area (Å²) in [5.41, 5.74) is -0.321. The van der Waals surface area contributed by atoms with Crippen LogP contribution < -0.4 is 4.90 Å². The number of ether oxygens (including phenoxy) is 1. The van der Waals surface area contributed by atoms with Crippen LogP contribution in [-0.2, 0) is 14.3 Å². The third-order valence-corrected chi connectivity index (χ3v) is 3.90. The van der Waals surface area contributed by atoms with Gasteiger partial charge in [-0.1, -0.05) is 0 Å². The Bertz CT molecular complexity index is 933. The lowest BCUT2D eigenvalue weighted by molar-refractivity contribution is -0.178. The molecule has 0 bridgehead atoms. The van der Waals surface area contributed by atoms with Gasteiger partial charge in [0.05, 0.1) is 24.0 Å². The van der Waals surface area contributed by atoms with Gasteiger partial charge in [-0.3, -0.25) is 9.69 Å². The minimum absolute atomic E-state index is 0.109. The Balaban J connectivity index is 1.93.